The van der Waals surface area contributed by atoms with E-state index in [-0.39, 0.29) is 15.5 Å². The van der Waals surface area contributed by atoms with E-state index in [1.165, 1.54) is 29.5 Å². The van der Waals surface area contributed by atoms with E-state index in [2.05, 4.69) is 15.6 Å². The Balaban J connectivity index is 1.73. The summed E-state index contributed by atoms with van der Waals surface area (Å²) in [5.41, 5.74) is 4.83. The van der Waals surface area contributed by atoms with E-state index >= 15 is 0 Å². The number of amides is 2. The van der Waals surface area contributed by atoms with Crippen molar-refractivity contribution in [1.82, 2.24) is 10.9 Å². The number of thiophene rings is 2. The number of anilines is 1. The summed E-state index contributed by atoms with van der Waals surface area (Å²) in [6.45, 7) is 1.87. The molecule has 3 rings (SSSR count). The van der Waals surface area contributed by atoms with Crippen LogP contribution in [0.15, 0.2) is 58.1 Å². The predicted molar refractivity (Wildman–Crippen MR) is 106 cm³/mol. The average molecular weight is 422 g/mol. The summed E-state index contributed by atoms with van der Waals surface area (Å²) < 4.78 is 27.3. The lowest BCUT2D eigenvalue weighted by Crippen LogP contribution is -2.41. The Morgan fingerprint density at radius 3 is 2.33 bits per heavy atom. The standard InChI is InChI=1S/C17H15N3O4S3/c1-11-8-9-14(26-11)17(22)19-18-16(21)12-5-2-3-6-13(12)20-27(23,24)15-7-4-10-25-15/h2-10,20H,1H3,(H,18,21)(H,19,22). The van der Waals surface area contributed by atoms with Crippen molar-refractivity contribution in [3.8, 4) is 0 Å². The van der Waals surface area contributed by atoms with E-state index in [1.807, 2.05) is 6.92 Å². The number of carbonyl (C=O) groups excluding carboxylic acids is 2. The number of carbonyl (C=O) groups is 2. The lowest BCUT2D eigenvalue weighted by molar-refractivity contribution is 0.0849. The van der Waals surface area contributed by atoms with E-state index in [9.17, 15) is 18.0 Å². The summed E-state index contributed by atoms with van der Waals surface area (Å²) in [4.78, 5) is 25.9. The van der Waals surface area contributed by atoms with Crippen molar-refractivity contribution in [3.05, 3.63) is 69.2 Å². The molecule has 140 valence electrons. The Morgan fingerprint density at radius 2 is 1.67 bits per heavy atom. The molecule has 0 atom stereocenters. The minimum atomic E-state index is -3.79. The third-order valence-corrected chi connectivity index (χ3v) is 7.19. The van der Waals surface area contributed by atoms with Crippen molar-refractivity contribution in [1.29, 1.82) is 0 Å². The zero-order valence-electron chi connectivity index (χ0n) is 14.1. The van der Waals surface area contributed by atoms with Gasteiger partial charge in [0.25, 0.3) is 21.8 Å². The minimum Gasteiger partial charge on any atom is -0.278 e. The maximum absolute atomic E-state index is 12.4. The number of hydrazine groups is 1. The Labute approximate surface area is 164 Å². The fraction of sp³-hybridized carbons (Fsp3) is 0.0588. The van der Waals surface area contributed by atoms with Crippen molar-refractivity contribution in [2.24, 2.45) is 0 Å². The van der Waals surface area contributed by atoms with Crippen LogP contribution < -0.4 is 15.6 Å². The number of nitrogens with one attached hydrogen (secondary N) is 3. The number of aryl methyl sites for hydroxylation is 1. The largest absolute Gasteiger partial charge is 0.279 e. The van der Waals surface area contributed by atoms with E-state index in [0.29, 0.717) is 4.88 Å². The van der Waals surface area contributed by atoms with Crippen LogP contribution in [0.3, 0.4) is 0 Å². The number of rotatable bonds is 5. The molecule has 0 spiro atoms. The van der Waals surface area contributed by atoms with Crippen molar-refractivity contribution >= 4 is 50.2 Å². The molecule has 0 aliphatic carbocycles. The van der Waals surface area contributed by atoms with E-state index in [0.717, 1.165) is 16.2 Å². The first-order chi connectivity index (χ1) is 12.9. The van der Waals surface area contributed by atoms with Crippen LogP contribution in [0.2, 0.25) is 0 Å². The quantitative estimate of drug-likeness (QED) is 0.551. The van der Waals surface area contributed by atoms with Gasteiger partial charge < -0.3 is 0 Å². The second-order valence-electron chi connectivity index (χ2n) is 5.40. The van der Waals surface area contributed by atoms with Crippen LogP contribution in [0, 0.1) is 6.92 Å². The van der Waals surface area contributed by atoms with Crippen LogP contribution in [0.25, 0.3) is 0 Å². The zero-order chi connectivity index (χ0) is 19.4. The van der Waals surface area contributed by atoms with Gasteiger partial charge in [-0.15, -0.1) is 22.7 Å². The highest BCUT2D eigenvalue weighted by atomic mass is 32.2. The van der Waals surface area contributed by atoms with Gasteiger partial charge in [-0.3, -0.25) is 25.2 Å². The van der Waals surface area contributed by atoms with E-state index in [4.69, 9.17) is 0 Å². The summed E-state index contributed by atoms with van der Waals surface area (Å²) in [6, 6.07) is 12.7. The molecule has 0 saturated heterocycles. The molecule has 0 aliphatic heterocycles. The van der Waals surface area contributed by atoms with Crippen LogP contribution in [0.4, 0.5) is 5.69 Å². The normalized spacial score (nSPS) is 11.0. The van der Waals surface area contributed by atoms with E-state index < -0.39 is 21.8 Å². The summed E-state index contributed by atoms with van der Waals surface area (Å²) in [6.07, 6.45) is 0. The van der Waals surface area contributed by atoms with Gasteiger partial charge in [-0.1, -0.05) is 18.2 Å². The Kier molecular flexibility index (Phi) is 5.59. The second kappa shape index (κ2) is 7.91. The molecule has 3 aromatic rings. The van der Waals surface area contributed by atoms with Gasteiger partial charge in [0.05, 0.1) is 16.1 Å². The van der Waals surface area contributed by atoms with Crippen molar-refractivity contribution in [2.75, 3.05) is 4.72 Å². The summed E-state index contributed by atoms with van der Waals surface area (Å²) in [5, 5.41) is 1.65. The third-order valence-electron chi connectivity index (χ3n) is 3.43. The van der Waals surface area contributed by atoms with Crippen LogP contribution in [0.1, 0.15) is 24.9 Å². The second-order valence-corrected chi connectivity index (χ2v) is 9.55. The maximum atomic E-state index is 12.4. The molecular formula is C17H15N3O4S3. The van der Waals surface area contributed by atoms with Crippen molar-refractivity contribution < 1.29 is 18.0 Å². The van der Waals surface area contributed by atoms with Gasteiger partial charge in [0.1, 0.15) is 4.21 Å². The monoisotopic (exact) mass is 421 g/mol. The van der Waals surface area contributed by atoms with Crippen LogP contribution in [-0.4, -0.2) is 20.2 Å². The summed E-state index contributed by atoms with van der Waals surface area (Å²) in [5.74, 6) is -1.08. The summed E-state index contributed by atoms with van der Waals surface area (Å²) >= 11 is 2.37. The maximum Gasteiger partial charge on any atom is 0.279 e. The third kappa shape index (κ3) is 4.54. The lowest BCUT2D eigenvalue weighted by Gasteiger charge is -2.12. The van der Waals surface area contributed by atoms with Crippen LogP contribution >= 0.6 is 22.7 Å². The average Bonchev–Trinajstić information content (AvgIpc) is 3.31. The molecule has 0 saturated carbocycles. The van der Waals surface area contributed by atoms with Gasteiger partial charge in [-0.25, -0.2) is 8.42 Å². The molecule has 3 N–H and O–H groups in total. The number of hydrogen-bond acceptors (Lipinski definition) is 6. The van der Waals surface area contributed by atoms with Gasteiger partial charge in [0, 0.05) is 4.88 Å². The molecule has 2 amide bonds. The first kappa shape index (κ1) is 19.1. The Bertz CT molecular complexity index is 1070. The highest BCUT2D eigenvalue weighted by Crippen LogP contribution is 2.22. The molecule has 0 radical (unpaired) electrons. The smallest absolute Gasteiger partial charge is 0.278 e. The Morgan fingerprint density at radius 1 is 0.926 bits per heavy atom. The SMILES string of the molecule is Cc1ccc(C(=O)NNC(=O)c2ccccc2NS(=O)(=O)c2cccs2)s1. The van der Waals surface area contributed by atoms with E-state index in [1.54, 1.807) is 35.7 Å². The predicted octanol–water partition coefficient (Wildman–Crippen LogP) is 2.99. The van der Waals surface area contributed by atoms with Gasteiger partial charge in [-0.05, 0) is 42.6 Å². The molecule has 10 heteroatoms. The molecule has 2 aromatic heterocycles. The van der Waals surface area contributed by atoms with Crippen LogP contribution in [-0.2, 0) is 10.0 Å². The fourth-order valence-corrected chi connectivity index (χ4v) is 5.02. The van der Waals surface area contributed by atoms with Crippen molar-refractivity contribution in [2.45, 2.75) is 11.1 Å². The molecule has 27 heavy (non-hydrogen) atoms. The highest BCUT2D eigenvalue weighted by molar-refractivity contribution is 7.94. The van der Waals surface area contributed by atoms with Gasteiger partial charge in [-0.2, -0.15) is 0 Å². The fourth-order valence-electron chi connectivity index (χ4n) is 2.18. The number of sulfonamides is 1. The molecule has 0 aliphatic rings. The number of benzene rings is 1. The lowest BCUT2D eigenvalue weighted by atomic mass is 10.2. The minimum absolute atomic E-state index is 0.0836. The van der Waals surface area contributed by atoms with Crippen molar-refractivity contribution in [3.63, 3.8) is 0 Å². The molecule has 2 heterocycles. The first-order valence-electron chi connectivity index (χ1n) is 7.69. The molecular weight excluding hydrogens is 406 g/mol. The molecule has 0 fully saturated rings. The first-order valence-corrected chi connectivity index (χ1v) is 10.9. The number of hydrogen-bond donors (Lipinski definition) is 3. The van der Waals surface area contributed by atoms with Gasteiger partial charge >= 0.3 is 0 Å². The summed E-state index contributed by atoms with van der Waals surface area (Å²) in [7, 11) is -3.79. The zero-order valence-corrected chi connectivity index (χ0v) is 16.5. The van der Waals surface area contributed by atoms with Gasteiger partial charge in [0.15, 0.2) is 0 Å². The Hall–Kier alpha value is -2.69. The molecule has 7 nitrogen and oxygen atoms in total. The molecule has 1 aromatic carbocycles. The topological polar surface area (TPSA) is 104 Å². The van der Waals surface area contributed by atoms with Gasteiger partial charge in [0.2, 0.25) is 0 Å². The van der Waals surface area contributed by atoms with Crippen LogP contribution in [0.5, 0.6) is 0 Å². The molecule has 0 unspecified atom stereocenters. The molecule has 0 bridgehead atoms. The highest BCUT2D eigenvalue weighted by Gasteiger charge is 2.19. The number of para-hydroxylation sites is 1.